The van der Waals surface area contributed by atoms with E-state index in [1.165, 1.54) is 19.3 Å². The van der Waals surface area contributed by atoms with Gasteiger partial charge in [0.25, 0.3) is 0 Å². The molecule has 1 aromatic carbocycles. The Morgan fingerprint density at radius 1 is 1.33 bits per heavy atom. The van der Waals surface area contributed by atoms with Crippen molar-refractivity contribution in [2.75, 3.05) is 17.7 Å². The number of anilines is 2. The smallest absolute Gasteiger partial charge is 0.224 e. The van der Waals surface area contributed by atoms with Crippen molar-refractivity contribution in [2.45, 2.75) is 51.6 Å². The molecule has 2 rings (SSSR count). The lowest BCUT2D eigenvalue weighted by molar-refractivity contribution is -0.116. The van der Waals surface area contributed by atoms with Crippen molar-refractivity contribution in [1.29, 1.82) is 0 Å². The SMILES string of the molecule is CC1CCCCC1OCCCC(=O)Nc1ccccc1N. The first-order valence-electron chi connectivity index (χ1n) is 7.93. The number of ether oxygens (including phenoxy) is 1. The predicted molar refractivity (Wildman–Crippen MR) is 86.1 cm³/mol. The van der Waals surface area contributed by atoms with Crippen LogP contribution in [0.5, 0.6) is 0 Å². The number of hydrogen-bond donors (Lipinski definition) is 2. The van der Waals surface area contributed by atoms with Crippen LogP contribution in [0, 0.1) is 5.92 Å². The Labute approximate surface area is 127 Å². The minimum Gasteiger partial charge on any atom is -0.397 e. The van der Waals surface area contributed by atoms with Crippen LogP contribution in [0.15, 0.2) is 24.3 Å². The second-order valence-electron chi connectivity index (χ2n) is 5.91. The number of hydrogen-bond acceptors (Lipinski definition) is 3. The molecular weight excluding hydrogens is 264 g/mol. The Kier molecular flexibility index (Phi) is 6.05. The number of carbonyl (C=O) groups is 1. The highest BCUT2D eigenvalue weighted by Crippen LogP contribution is 2.26. The molecule has 1 aliphatic rings. The molecular formula is C17H26N2O2. The number of nitrogens with one attached hydrogen (secondary N) is 1. The number of para-hydroxylation sites is 2. The average molecular weight is 290 g/mol. The number of rotatable bonds is 6. The van der Waals surface area contributed by atoms with Gasteiger partial charge in [-0.25, -0.2) is 0 Å². The Morgan fingerprint density at radius 2 is 2.10 bits per heavy atom. The highest BCUT2D eigenvalue weighted by Gasteiger charge is 2.21. The van der Waals surface area contributed by atoms with Crippen LogP contribution in [-0.2, 0) is 9.53 Å². The van der Waals surface area contributed by atoms with Gasteiger partial charge in [-0.3, -0.25) is 4.79 Å². The number of nitrogen functional groups attached to an aromatic ring is 1. The maximum atomic E-state index is 11.9. The van der Waals surface area contributed by atoms with Crippen molar-refractivity contribution >= 4 is 17.3 Å². The van der Waals surface area contributed by atoms with E-state index in [-0.39, 0.29) is 5.91 Å². The van der Waals surface area contributed by atoms with Gasteiger partial charge in [-0.1, -0.05) is 31.9 Å². The lowest BCUT2D eigenvalue weighted by Crippen LogP contribution is -2.26. The quantitative estimate of drug-likeness (QED) is 0.621. The van der Waals surface area contributed by atoms with E-state index in [2.05, 4.69) is 12.2 Å². The molecule has 0 spiro atoms. The second kappa shape index (κ2) is 8.03. The average Bonchev–Trinajstić information content (AvgIpc) is 2.48. The zero-order chi connectivity index (χ0) is 15.1. The molecule has 0 saturated heterocycles. The van der Waals surface area contributed by atoms with Crippen molar-refractivity contribution in [2.24, 2.45) is 5.92 Å². The first kappa shape index (κ1) is 15.8. The summed E-state index contributed by atoms with van der Waals surface area (Å²) in [6, 6.07) is 7.31. The van der Waals surface area contributed by atoms with E-state index in [1.807, 2.05) is 18.2 Å². The van der Waals surface area contributed by atoms with Crippen molar-refractivity contribution in [3.8, 4) is 0 Å². The van der Waals surface area contributed by atoms with E-state index in [1.54, 1.807) is 6.07 Å². The number of nitrogens with two attached hydrogens (primary N) is 1. The number of amides is 1. The Hall–Kier alpha value is -1.55. The third-order valence-corrected chi connectivity index (χ3v) is 4.15. The lowest BCUT2D eigenvalue weighted by Gasteiger charge is -2.28. The Balaban J connectivity index is 1.64. The molecule has 0 heterocycles. The number of carbonyl (C=O) groups excluding carboxylic acids is 1. The zero-order valence-corrected chi connectivity index (χ0v) is 12.8. The van der Waals surface area contributed by atoms with Crippen LogP contribution in [0.4, 0.5) is 11.4 Å². The minimum absolute atomic E-state index is 0.00630. The van der Waals surface area contributed by atoms with Gasteiger partial charge in [0.1, 0.15) is 0 Å². The van der Waals surface area contributed by atoms with Crippen LogP contribution in [0.3, 0.4) is 0 Å². The zero-order valence-electron chi connectivity index (χ0n) is 12.8. The van der Waals surface area contributed by atoms with E-state index in [0.29, 0.717) is 36.4 Å². The summed E-state index contributed by atoms with van der Waals surface area (Å²) in [7, 11) is 0. The van der Waals surface area contributed by atoms with Crippen LogP contribution in [0.1, 0.15) is 45.4 Å². The topological polar surface area (TPSA) is 64.3 Å². The third kappa shape index (κ3) is 5.05. The molecule has 1 fully saturated rings. The molecule has 1 aromatic rings. The minimum atomic E-state index is -0.00630. The predicted octanol–water partition coefficient (Wildman–Crippen LogP) is 3.58. The molecule has 3 N–H and O–H groups in total. The molecule has 2 unspecified atom stereocenters. The van der Waals surface area contributed by atoms with Gasteiger partial charge in [-0.05, 0) is 37.3 Å². The Morgan fingerprint density at radius 3 is 2.86 bits per heavy atom. The van der Waals surface area contributed by atoms with Crippen LogP contribution < -0.4 is 11.1 Å². The molecule has 4 nitrogen and oxygen atoms in total. The monoisotopic (exact) mass is 290 g/mol. The molecule has 0 aliphatic heterocycles. The molecule has 116 valence electrons. The summed E-state index contributed by atoms with van der Waals surface area (Å²) in [5.41, 5.74) is 7.08. The molecule has 1 aliphatic carbocycles. The molecule has 4 heteroatoms. The summed E-state index contributed by atoms with van der Waals surface area (Å²) in [5.74, 6) is 0.643. The van der Waals surface area contributed by atoms with Crippen LogP contribution in [0.25, 0.3) is 0 Å². The van der Waals surface area contributed by atoms with Crippen LogP contribution >= 0.6 is 0 Å². The van der Waals surface area contributed by atoms with E-state index < -0.39 is 0 Å². The highest BCUT2D eigenvalue weighted by atomic mass is 16.5. The first-order chi connectivity index (χ1) is 10.2. The lowest BCUT2D eigenvalue weighted by atomic mass is 9.88. The molecule has 2 atom stereocenters. The van der Waals surface area contributed by atoms with E-state index in [9.17, 15) is 4.79 Å². The summed E-state index contributed by atoms with van der Waals surface area (Å²) in [6.45, 7) is 2.92. The summed E-state index contributed by atoms with van der Waals surface area (Å²) in [4.78, 5) is 11.9. The Bertz CT molecular complexity index is 462. The summed E-state index contributed by atoms with van der Waals surface area (Å²) >= 11 is 0. The van der Waals surface area contributed by atoms with Crippen molar-refractivity contribution in [3.05, 3.63) is 24.3 Å². The van der Waals surface area contributed by atoms with Crippen molar-refractivity contribution in [1.82, 2.24) is 0 Å². The fourth-order valence-corrected chi connectivity index (χ4v) is 2.82. The van der Waals surface area contributed by atoms with Gasteiger partial charge in [0.05, 0.1) is 17.5 Å². The fourth-order valence-electron chi connectivity index (χ4n) is 2.82. The summed E-state index contributed by atoms with van der Waals surface area (Å²) in [5, 5.41) is 2.84. The van der Waals surface area contributed by atoms with Gasteiger partial charge < -0.3 is 15.8 Å². The van der Waals surface area contributed by atoms with Crippen LogP contribution in [0.2, 0.25) is 0 Å². The maximum absolute atomic E-state index is 11.9. The van der Waals surface area contributed by atoms with Gasteiger partial charge in [-0.2, -0.15) is 0 Å². The summed E-state index contributed by atoms with van der Waals surface area (Å²) in [6.07, 6.45) is 6.61. The van der Waals surface area contributed by atoms with Crippen molar-refractivity contribution < 1.29 is 9.53 Å². The van der Waals surface area contributed by atoms with Gasteiger partial charge in [0, 0.05) is 13.0 Å². The summed E-state index contributed by atoms with van der Waals surface area (Å²) < 4.78 is 5.91. The fraction of sp³-hybridized carbons (Fsp3) is 0.588. The maximum Gasteiger partial charge on any atom is 0.224 e. The molecule has 0 aromatic heterocycles. The highest BCUT2D eigenvalue weighted by molar-refractivity contribution is 5.93. The second-order valence-corrected chi connectivity index (χ2v) is 5.91. The number of benzene rings is 1. The molecule has 21 heavy (non-hydrogen) atoms. The third-order valence-electron chi connectivity index (χ3n) is 4.15. The van der Waals surface area contributed by atoms with E-state index >= 15 is 0 Å². The van der Waals surface area contributed by atoms with Gasteiger partial charge in [-0.15, -0.1) is 0 Å². The molecule has 0 radical (unpaired) electrons. The van der Waals surface area contributed by atoms with Gasteiger partial charge >= 0.3 is 0 Å². The van der Waals surface area contributed by atoms with Gasteiger partial charge in [0.15, 0.2) is 0 Å². The first-order valence-corrected chi connectivity index (χ1v) is 7.93. The standard InChI is InChI=1S/C17H26N2O2/c1-13-7-2-5-10-16(13)21-12-6-11-17(20)19-15-9-4-3-8-14(15)18/h3-4,8-9,13,16H,2,5-7,10-12,18H2,1H3,(H,19,20). The molecule has 1 amide bonds. The van der Waals surface area contributed by atoms with Crippen molar-refractivity contribution in [3.63, 3.8) is 0 Å². The van der Waals surface area contributed by atoms with Gasteiger partial charge in [0.2, 0.25) is 5.91 Å². The molecule has 0 bridgehead atoms. The van der Waals surface area contributed by atoms with Crippen LogP contribution in [-0.4, -0.2) is 18.6 Å². The van der Waals surface area contributed by atoms with E-state index in [4.69, 9.17) is 10.5 Å². The molecule has 1 saturated carbocycles. The normalized spacial score (nSPS) is 22.0. The van der Waals surface area contributed by atoms with E-state index in [0.717, 1.165) is 12.8 Å². The largest absolute Gasteiger partial charge is 0.397 e.